The van der Waals surface area contributed by atoms with Crippen molar-refractivity contribution in [1.29, 1.82) is 0 Å². The number of carbonyl (C=O) groups is 1. The molecule has 1 aromatic heterocycles. The first kappa shape index (κ1) is 21.4. The highest BCUT2D eigenvalue weighted by Gasteiger charge is 2.10. The number of benzene rings is 2. The summed E-state index contributed by atoms with van der Waals surface area (Å²) in [7, 11) is 0. The fourth-order valence-electron chi connectivity index (χ4n) is 2.98. The number of anilines is 2. The second kappa shape index (κ2) is 10.5. The number of rotatable bonds is 10. The van der Waals surface area contributed by atoms with Crippen molar-refractivity contribution in [3.8, 4) is 11.5 Å². The summed E-state index contributed by atoms with van der Waals surface area (Å²) in [5.41, 5.74) is 1.58. The molecule has 3 aromatic rings. The second-order valence-electron chi connectivity index (χ2n) is 6.76. The van der Waals surface area contributed by atoms with E-state index in [2.05, 4.69) is 39.6 Å². The molecule has 0 aliphatic carbocycles. The maximum Gasteiger partial charge on any atom is 0.315 e. The van der Waals surface area contributed by atoms with Gasteiger partial charge in [-0.3, -0.25) is 4.79 Å². The van der Waals surface area contributed by atoms with Gasteiger partial charge in [-0.05, 0) is 68.5 Å². The van der Waals surface area contributed by atoms with Crippen LogP contribution < -0.4 is 10.6 Å². The quantitative estimate of drug-likeness (QED) is 0.485. The summed E-state index contributed by atoms with van der Waals surface area (Å²) in [5.74, 6) is -0.438. The zero-order chi connectivity index (χ0) is 21.3. The van der Waals surface area contributed by atoms with Crippen LogP contribution >= 0.6 is 0 Å². The molecule has 8 heteroatoms. The Morgan fingerprint density at radius 1 is 1.10 bits per heavy atom. The van der Waals surface area contributed by atoms with Crippen LogP contribution in [-0.2, 0) is 0 Å². The minimum atomic E-state index is -0.452. The number of hydrogen-bond acceptors (Lipinski definition) is 6. The summed E-state index contributed by atoms with van der Waals surface area (Å²) in [6.45, 7) is 8.16. The third-order valence-electron chi connectivity index (χ3n) is 4.72. The van der Waals surface area contributed by atoms with Crippen LogP contribution in [0, 0.1) is 5.82 Å². The minimum absolute atomic E-state index is 0.257. The van der Waals surface area contributed by atoms with E-state index in [-0.39, 0.29) is 11.5 Å². The average molecular weight is 411 g/mol. The molecule has 0 atom stereocenters. The van der Waals surface area contributed by atoms with Gasteiger partial charge in [0.25, 0.3) is 5.91 Å². The Morgan fingerprint density at radius 3 is 2.57 bits per heavy atom. The first-order chi connectivity index (χ1) is 14.6. The molecule has 0 unspecified atom stereocenters. The van der Waals surface area contributed by atoms with Gasteiger partial charge in [-0.15, -0.1) is 5.10 Å². The second-order valence-corrected chi connectivity index (χ2v) is 6.76. The molecule has 0 bridgehead atoms. The Kier molecular flexibility index (Phi) is 7.51. The molecule has 0 fully saturated rings. The summed E-state index contributed by atoms with van der Waals surface area (Å²) in [6.07, 6.45) is 0.985. The lowest BCUT2D eigenvalue weighted by Gasteiger charge is -2.17. The van der Waals surface area contributed by atoms with Crippen molar-refractivity contribution < 1.29 is 13.6 Å². The summed E-state index contributed by atoms with van der Waals surface area (Å²) < 4.78 is 18.9. The average Bonchev–Trinajstić information content (AvgIpc) is 3.23. The van der Waals surface area contributed by atoms with E-state index in [0.717, 1.165) is 38.2 Å². The van der Waals surface area contributed by atoms with Gasteiger partial charge in [0.1, 0.15) is 5.82 Å². The van der Waals surface area contributed by atoms with Crippen LogP contribution in [-0.4, -0.2) is 47.2 Å². The van der Waals surface area contributed by atoms with Crippen molar-refractivity contribution in [1.82, 2.24) is 15.1 Å². The van der Waals surface area contributed by atoms with E-state index in [1.54, 1.807) is 30.3 Å². The largest absolute Gasteiger partial charge is 0.403 e. The summed E-state index contributed by atoms with van der Waals surface area (Å²) in [6, 6.07) is 12.9. The van der Waals surface area contributed by atoms with E-state index in [4.69, 9.17) is 4.42 Å². The normalized spacial score (nSPS) is 10.9. The molecule has 0 aliphatic heterocycles. The molecule has 0 radical (unpaired) electrons. The first-order valence-electron chi connectivity index (χ1n) is 10.1. The van der Waals surface area contributed by atoms with Crippen molar-refractivity contribution in [2.45, 2.75) is 20.3 Å². The van der Waals surface area contributed by atoms with Crippen molar-refractivity contribution in [3.05, 3.63) is 59.9 Å². The number of aromatic nitrogens is 2. The highest BCUT2D eigenvalue weighted by molar-refractivity contribution is 6.04. The number of amides is 1. The Bertz CT molecular complexity index is 954. The van der Waals surface area contributed by atoms with Gasteiger partial charge in [0.2, 0.25) is 5.89 Å². The molecule has 0 saturated heterocycles. The van der Waals surface area contributed by atoms with Crippen LogP contribution in [0.1, 0.15) is 30.6 Å². The van der Waals surface area contributed by atoms with E-state index in [0.29, 0.717) is 17.6 Å². The van der Waals surface area contributed by atoms with Crippen molar-refractivity contribution in [2.75, 3.05) is 36.8 Å². The maximum atomic E-state index is 13.3. The standard InChI is InChI=1S/C22H26FN5O2/c1-3-28(4-2)14-6-13-24-22-27-26-21(30-22)16-9-11-19(12-10-16)25-20(29)17-7-5-8-18(23)15-17/h5,7-12,15H,3-4,6,13-14H2,1-2H3,(H,24,27)(H,25,29). The van der Waals surface area contributed by atoms with E-state index in [9.17, 15) is 9.18 Å². The third-order valence-corrected chi connectivity index (χ3v) is 4.72. The van der Waals surface area contributed by atoms with Crippen molar-refractivity contribution >= 4 is 17.6 Å². The number of nitrogens with zero attached hydrogens (tertiary/aromatic N) is 3. The lowest BCUT2D eigenvalue weighted by molar-refractivity contribution is 0.102. The Labute approximate surface area is 175 Å². The van der Waals surface area contributed by atoms with E-state index in [1.165, 1.54) is 18.2 Å². The lowest BCUT2D eigenvalue weighted by atomic mass is 10.2. The van der Waals surface area contributed by atoms with Crippen LogP contribution in [0.5, 0.6) is 0 Å². The smallest absolute Gasteiger partial charge is 0.315 e. The highest BCUT2D eigenvalue weighted by atomic mass is 19.1. The summed E-state index contributed by atoms with van der Waals surface area (Å²) >= 11 is 0. The SMILES string of the molecule is CCN(CC)CCCNc1nnc(-c2ccc(NC(=O)c3cccc(F)c3)cc2)o1. The summed E-state index contributed by atoms with van der Waals surface area (Å²) in [4.78, 5) is 14.6. The predicted octanol–water partition coefficient (Wildman–Crippen LogP) is 4.27. The van der Waals surface area contributed by atoms with Crippen LogP contribution in [0.4, 0.5) is 16.1 Å². The molecule has 0 saturated carbocycles. The Morgan fingerprint density at radius 2 is 1.87 bits per heavy atom. The molecule has 2 aromatic carbocycles. The van der Waals surface area contributed by atoms with Crippen LogP contribution in [0.25, 0.3) is 11.5 Å². The molecular weight excluding hydrogens is 385 g/mol. The molecular formula is C22H26FN5O2. The van der Waals surface area contributed by atoms with E-state index < -0.39 is 5.82 Å². The van der Waals surface area contributed by atoms with Crippen LogP contribution in [0.3, 0.4) is 0 Å². The van der Waals surface area contributed by atoms with Gasteiger partial charge in [-0.25, -0.2) is 4.39 Å². The lowest BCUT2D eigenvalue weighted by Crippen LogP contribution is -2.25. The van der Waals surface area contributed by atoms with Gasteiger partial charge < -0.3 is 20.0 Å². The molecule has 3 rings (SSSR count). The van der Waals surface area contributed by atoms with Gasteiger partial charge in [0, 0.05) is 23.4 Å². The number of halogens is 1. The van der Waals surface area contributed by atoms with Crippen molar-refractivity contribution in [2.24, 2.45) is 0 Å². The molecule has 158 valence electrons. The van der Waals surface area contributed by atoms with Gasteiger partial charge in [-0.2, -0.15) is 0 Å². The fourth-order valence-corrected chi connectivity index (χ4v) is 2.98. The van der Waals surface area contributed by atoms with E-state index in [1.807, 2.05) is 0 Å². The number of nitrogens with one attached hydrogen (secondary N) is 2. The molecule has 1 amide bonds. The van der Waals surface area contributed by atoms with Gasteiger partial charge in [-0.1, -0.05) is 25.0 Å². The topological polar surface area (TPSA) is 83.3 Å². The molecule has 1 heterocycles. The zero-order valence-corrected chi connectivity index (χ0v) is 17.2. The Balaban J connectivity index is 1.53. The van der Waals surface area contributed by atoms with Crippen LogP contribution in [0.2, 0.25) is 0 Å². The zero-order valence-electron chi connectivity index (χ0n) is 17.2. The van der Waals surface area contributed by atoms with Crippen LogP contribution in [0.15, 0.2) is 52.9 Å². The van der Waals surface area contributed by atoms with E-state index >= 15 is 0 Å². The number of hydrogen-bond donors (Lipinski definition) is 2. The third kappa shape index (κ3) is 5.87. The molecule has 2 N–H and O–H groups in total. The fraction of sp³-hybridized carbons (Fsp3) is 0.318. The molecule has 0 aliphatic rings. The maximum absolute atomic E-state index is 13.3. The van der Waals surface area contributed by atoms with Gasteiger partial charge in [0.15, 0.2) is 0 Å². The molecule has 30 heavy (non-hydrogen) atoms. The Hall–Kier alpha value is -3.26. The minimum Gasteiger partial charge on any atom is -0.403 e. The number of carbonyl (C=O) groups excluding carboxylic acids is 1. The molecule has 0 spiro atoms. The molecule has 7 nitrogen and oxygen atoms in total. The van der Waals surface area contributed by atoms with Gasteiger partial charge in [0.05, 0.1) is 0 Å². The highest BCUT2D eigenvalue weighted by Crippen LogP contribution is 2.22. The van der Waals surface area contributed by atoms with Crippen molar-refractivity contribution in [3.63, 3.8) is 0 Å². The monoisotopic (exact) mass is 411 g/mol. The first-order valence-corrected chi connectivity index (χ1v) is 10.1. The summed E-state index contributed by atoms with van der Waals surface area (Å²) in [5, 5.41) is 14.0. The van der Waals surface area contributed by atoms with Gasteiger partial charge >= 0.3 is 6.01 Å². The predicted molar refractivity (Wildman–Crippen MR) is 115 cm³/mol.